The number of fused-ring (bicyclic) bond motifs is 1. The second-order valence-corrected chi connectivity index (χ2v) is 4.78. The van der Waals surface area contributed by atoms with E-state index in [-0.39, 0.29) is 16.9 Å². The first-order valence-electron chi connectivity index (χ1n) is 6.74. The Hall–Kier alpha value is -3.29. The van der Waals surface area contributed by atoms with Crippen LogP contribution < -0.4 is 4.74 Å². The minimum absolute atomic E-state index is 0.112. The van der Waals surface area contributed by atoms with E-state index in [9.17, 15) is 23.2 Å². The third-order valence-electron chi connectivity index (χ3n) is 3.19. The average Bonchev–Trinajstić information content (AvgIpc) is 2.79. The number of carbonyl (C=O) groups is 3. The number of hydrogen-bond acceptors (Lipinski definition) is 5. The molecule has 122 valence electrons. The summed E-state index contributed by atoms with van der Waals surface area (Å²) in [6.45, 7) is -0.768. The summed E-state index contributed by atoms with van der Waals surface area (Å²) in [5, 5.41) is 0.317. The SMILES string of the molecule is O=C(COc1ccc(F)cc1F)ON1C(=O)c2ccccc2C1=O. The topological polar surface area (TPSA) is 72.9 Å². The van der Waals surface area contributed by atoms with Crippen LogP contribution in [0.5, 0.6) is 5.75 Å². The van der Waals surface area contributed by atoms with Crippen LogP contribution >= 0.6 is 0 Å². The van der Waals surface area contributed by atoms with Gasteiger partial charge in [-0.15, -0.1) is 0 Å². The highest BCUT2D eigenvalue weighted by molar-refractivity contribution is 6.20. The number of amides is 2. The molecule has 2 aromatic carbocycles. The Morgan fingerprint density at radius 2 is 1.62 bits per heavy atom. The van der Waals surface area contributed by atoms with Gasteiger partial charge in [-0.1, -0.05) is 17.2 Å². The molecule has 0 unspecified atom stereocenters. The van der Waals surface area contributed by atoms with Crippen molar-refractivity contribution in [2.45, 2.75) is 0 Å². The van der Waals surface area contributed by atoms with E-state index in [0.29, 0.717) is 11.1 Å². The number of benzene rings is 2. The van der Waals surface area contributed by atoms with E-state index >= 15 is 0 Å². The number of halogens is 2. The second-order valence-electron chi connectivity index (χ2n) is 4.78. The number of hydroxylamine groups is 2. The molecule has 24 heavy (non-hydrogen) atoms. The highest BCUT2D eigenvalue weighted by atomic mass is 19.1. The minimum Gasteiger partial charge on any atom is -0.479 e. The maximum absolute atomic E-state index is 13.4. The normalized spacial score (nSPS) is 13.0. The fourth-order valence-electron chi connectivity index (χ4n) is 2.11. The van der Waals surface area contributed by atoms with Crippen LogP contribution in [0.15, 0.2) is 42.5 Å². The van der Waals surface area contributed by atoms with Gasteiger partial charge in [-0.3, -0.25) is 9.59 Å². The lowest BCUT2D eigenvalue weighted by Crippen LogP contribution is -2.34. The third-order valence-corrected chi connectivity index (χ3v) is 3.19. The predicted octanol–water partition coefficient (Wildman–Crippen LogP) is 2.10. The van der Waals surface area contributed by atoms with Crippen LogP contribution in [0.3, 0.4) is 0 Å². The first-order chi connectivity index (χ1) is 11.5. The maximum atomic E-state index is 13.4. The second kappa shape index (κ2) is 6.07. The Morgan fingerprint density at radius 3 is 2.21 bits per heavy atom. The number of nitrogens with zero attached hydrogens (tertiary/aromatic N) is 1. The van der Waals surface area contributed by atoms with E-state index in [2.05, 4.69) is 4.84 Å². The molecule has 2 amide bonds. The molecule has 0 bridgehead atoms. The van der Waals surface area contributed by atoms with Crippen LogP contribution in [0.1, 0.15) is 20.7 Å². The summed E-state index contributed by atoms with van der Waals surface area (Å²) in [6.07, 6.45) is 0. The van der Waals surface area contributed by atoms with Gasteiger partial charge >= 0.3 is 5.97 Å². The summed E-state index contributed by atoms with van der Waals surface area (Å²) in [4.78, 5) is 40.4. The molecule has 3 rings (SSSR count). The molecule has 0 spiro atoms. The van der Waals surface area contributed by atoms with Gasteiger partial charge in [0.05, 0.1) is 11.1 Å². The maximum Gasteiger partial charge on any atom is 0.370 e. The molecule has 6 nitrogen and oxygen atoms in total. The van der Waals surface area contributed by atoms with Gasteiger partial charge in [-0.05, 0) is 24.3 Å². The first-order valence-corrected chi connectivity index (χ1v) is 6.74. The highest BCUT2D eigenvalue weighted by Gasteiger charge is 2.38. The Bertz CT molecular complexity index is 817. The number of carbonyl (C=O) groups excluding carboxylic acids is 3. The van der Waals surface area contributed by atoms with Crippen LogP contribution in [0.2, 0.25) is 0 Å². The van der Waals surface area contributed by atoms with E-state index in [1.807, 2.05) is 0 Å². The van der Waals surface area contributed by atoms with Crippen molar-refractivity contribution in [3.05, 3.63) is 65.2 Å². The number of imide groups is 1. The number of ether oxygens (including phenoxy) is 1. The Morgan fingerprint density at radius 1 is 1.00 bits per heavy atom. The Kier molecular flexibility index (Phi) is 3.95. The van der Waals surface area contributed by atoms with Gasteiger partial charge in [-0.2, -0.15) is 0 Å². The minimum atomic E-state index is -1.09. The van der Waals surface area contributed by atoms with E-state index in [1.165, 1.54) is 12.1 Å². The number of rotatable bonds is 4. The monoisotopic (exact) mass is 333 g/mol. The van der Waals surface area contributed by atoms with E-state index in [1.54, 1.807) is 12.1 Å². The van der Waals surface area contributed by atoms with Gasteiger partial charge in [0.15, 0.2) is 18.2 Å². The molecule has 8 heteroatoms. The zero-order chi connectivity index (χ0) is 17.3. The van der Waals surface area contributed by atoms with Crippen molar-refractivity contribution < 1.29 is 32.7 Å². The van der Waals surface area contributed by atoms with E-state index in [0.717, 1.165) is 12.1 Å². The molecule has 0 aromatic heterocycles. The summed E-state index contributed by atoms with van der Waals surface area (Å²) >= 11 is 0. The van der Waals surface area contributed by atoms with Gasteiger partial charge in [-0.25, -0.2) is 13.6 Å². The summed E-state index contributed by atoms with van der Waals surface area (Å²) < 4.78 is 31.0. The first kappa shape index (κ1) is 15.6. The molecule has 1 heterocycles. The lowest BCUT2D eigenvalue weighted by Gasteiger charge is -2.13. The van der Waals surface area contributed by atoms with Crippen molar-refractivity contribution in [1.82, 2.24) is 5.06 Å². The van der Waals surface area contributed by atoms with Crippen molar-refractivity contribution in [3.63, 3.8) is 0 Å². The summed E-state index contributed by atoms with van der Waals surface area (Å²) in [5.74, 6) is -4.81. The quantitative estimate of drug-likeness (QED) is 0.801. The highest BCUT2D eigenvalue weighted by Crippen LogP contribution is 2.23. The standard InChI is InChI=1S/C16H9F2NO5/c17-9-5-6-13(12(18)7-9)23-8-14(20)24-19-15(21)10-3-1-2-4-11(10)16(19)22/h1-7H,8H2. The molecule has 0 saturated heterocycles. The van der Waals surface area contributed by atoms with Crippen molar-refractivity contribution >= 4 is 17.8 Å². The van der Waals surface area contributed by atoms with Gasteiger partial charge in [0, 0.05) is 6.07 Å². The average molecular weight is 333 g/mol. The molecule has 0 N–H and O–H groups in total. The summed E-state index contributed by atoms with van der Waals surface area (Å²) in [7, 11) is 0. The fourth-order valence-corrected chi connectivity index (χ4v) is 2.11. The molecular weight excluding hydrogens is 324 g/mol. The lowest BCUT2D eigenvalue weighted by molar-refractivity contribution is -0.170. The van der Waals surface area contributed by atoms with Crippen LogP contribution in [0, 0.1) is 11.6 Å². The molecule has 0 fully saturated rings. The summed E-state index contributed by atoms with van der Waals surface area (Å²) in [6, 6.07) is 8.52. The summed E-state index contributed by atoms with van der Waals surface area (Å²) in [5.41, 5.74) is 0.224. The van der Waals surface area contributed by atoms with Crippen LogP contribution in [0.4, 0.5) is 8.78 Å². The Labute approximate surface area is 134 Å². The molecule has 0 atom stereocenters. The molecular formula is C16H9F2NO5. The molecule has 0 aliphatic carbocycles. The van der Waals surface area contributed by atoms with Crippen molar-refractivity contribution in [1.29, 1.82) is 0 Å². The van der Waals surface area contributed by atoms with Gasteiger partial charge in [0.1, 0.15) is 5.82 Å². The van der Waals surface area contributed by atoms with Gasteiger partial charge < -0.3 is 9.57 Å². The van der Waals surface area contributed by atoms with Crippen LogP contribution in [-0.2, 0) is 9.63 Å². The molecule has 1 aliphatic heterocycles. The van der Waals surface area contributed by atoms with Crippen LogP contribution in [-0.4, -0.2) is 29.5 Å². The Balaban J connectivity index is 1.64. The van der Waals surface area contributed by atoms with Crippen molar-refractivity contribution in [2.75, 3.05) is 6.61 Å². The van der Waals surface area contributed by atoms with Crippen LogP contribution in [0.25, 0.3) is 0 Å². The smallest absolute Gasteiger partial charge is 0.370 e. The molecule has 1 aliphatic rings. The lowest BCUT2D eigenvalue weighted by atomic mass is 10.1. The molecule has 2 aromatic rings. The van der Waals surface area contributed by atoms with E-state index in [4.69, 9.17) is 4.74 Å². The van der Waals surface area contributed by atoms with Gasteiger partial charge in [0.2, 0.25) is 0 Å². The van der Waals surface area contributed by atoms with Crippen molar-refractivity contribution in [2.24, 2.45) is 0 Å². The van der Waals surface area contributed by atoms with Gasteiger partial charge in [0.25, 0.3) is 11.8 Å². The molecule has 0 radical (unpaired) electrons. The molecule has 0 saturated carbocycles. The fraction of sp³-hybridized carbons (Fsp3) is 0.0625. The predicted molar refractivity (Wildman–Crippen MR) is 74.9 cm³/mol. The van der Waals surface area contributed by atoms with E-state index < -0.39 is 36.0 Å². The van der Waals surface area contributed by atoms with Crippen molar-refractivity contribution in [3.8, 4) is 5.75 Å². The number of hydrogen-bond donors (Lipinski definition) is 0. The third kappa shape index (κ3) is 2.81. The zero-order valence-corrected chi connectivity index (χ0v) is 12.0. The largest absolute Gasteiger partial charge is 0.479 e. The zero-order valence-electron chi connectivity index (χ0n) is 12.0.